The molecule has 2 aromatic heterocycles. The summed E-state index contributed by atoms with van der Waals surface area (Å²) in [4.78, 5) is 15.9. The third-order valence-corrected chi connectivity index (χ3v) is 6.25. The Morgan fingerprint density at radius 1 is 1.03 bits per heavy atom. The number of anilines is 1. The van der Waals surface area contributed by atoms with Gasteiger partial charge in [0, 0.05) is 36.6 Å². The second-order valence-corrected chi connectivity index (χ2v) is 8.68. The van der Waals surface area contributed by atoms with Gasteiger partial charge in [-0.15, -0.1) is 5.10 Å². The number of hydrogen-bond donors (Lipinski definition) is 0. The highest BCUT2D eigenvalue weighted by Gasteiger charge is 2.21. The van der Waals surface area contributed by atoms with Crippen molar-refractivity contribution in [1.29, 1.82) is 0 Å². The van der Waals surface area contributed by atoms with Crippen LogP contribution < -0.4 is 10.5 Å². The standard InChI is InChI=1S/C24H32N4O/c1-7-27-23(25-28-18(6)14-19(15(2)3)22(28)24(27)29)20-12-17(5)21(13-16(20)4)26-10-8-9-11-26/h12-15H,7-11H2,1-6H3. The van der Waals surface area contributed by atoms with Crippen LogP contribution in [-0.4, -0.2) is 27.3 Å². The molecule has 0 bridgehead atoms. The molecule has 1 aliphatic heterocycles. The fourth-order valence-corrected chi connectivity index (χ4v) is 4.64. The topological polar surface area (TPSA) is 42.5 Å². The molecule has 1 aromatic carbocycles. The fraction of sp³-hybridized carbons (Fsp3) is 0.500. The predicted octanol–water partition coefficient (Wildman–Crippen LogP) is 4.83. The van der Waals surface area contributed by atoms with Gasteiger partial charge >= 0.3 is 0 Å². The van der Waals surface area contributed by atoms with Gasteiger partial charge in [0.05, 0.1) is 0 Å². The molecule has 0 atom stereocenters. The lowest BCUT2D eigenvalue weighted by atomic mass is 10.0. The van der Waals surface area contributed by atoms with Crippen molar-refractivity contribution >= 4 is 11.2 Å². The van der Waals surface area contributed by atoms with Crippen LogP contribution in [0, 0.1) is 20.8 Å². The third kappa shape index (κ3) is 3.17. The Hall–Kier alpha value is -2.56. The summed E-state index contributed by atoms with van der Waals surface area (Å²) < 4.78 is 3.68. The van der Waals surface area contributed by atoms with Crippen molar-refractivity contribution in [3.8, 4) is 11.4 Å². The van der Waals surface area contributed by atoms with Gasteiger partial charge in [-0.25, -0.2) is 4.52 Å². The first-order valence-electron chi connectivity index (χ1n) is 10.8. The average molecular weight is 393 g/mol. The van der Waals surface area contributed by atoms with E-state index in [0.29, 0.717) is 12.1 Å². The molecule has 29 heavy (non-hydrogen) atoms. The van der Waals surface area contributed by atoms with E-state index in [2.05, 4.69) is 50.8 Å². The first-order chi connectivity index (χ1) is 13.8. The second-order valence-electron chi connectivity index (χ2n) is 8.68. The monoisotopic (exact) mass is 392 g/mol. The lowest BCUT2D eigenvalue weighted by molar-refractivity contribution is 0.686. The highest BCUT2D eigenvalue weighted by Crippen LogP contribution is 2.32. The van der Waals surface area contributed by atoms with Gasteiger partial charge < -0.3 is 4.90 Å². The summed E-state index contributed by atoms with van der Waals surface area (Å²) in [6.45, 7) is 15.5. The van der Waals surface area contributed by atoms with E-state index >= 15 is 0 Å². The molecule has 4 rings (SSSR count). The average Bonchev–Trinajstić information content (AvgIpc) is 3.32. The molecule has 0 spiro atoms. The summed E-state index contributed by atoms with van der Waals surface area (Å²) in [5, 5.41) is 4.97. The minimum atomic E-state index is 0.0509. The summed E-state index contributed by atoms with van der Waals surface area (Å²) in [5.41, 5.74) is 7.62. The zero-order chi connectivity index (χ0) is 20.9. The highest BCUT2D eigenvalue weighted by atomic mass is 16.1. The summed E-state index contributed by atoms with van der Waals surface area (Å²) in [5.74, 6) is 1.04. The molecular formula is C24H32N4O. The highest BCUT2D eigenvalue weighted by molar-refractivity contribution is 5.70. The number of rotatable bonds is 4. The van der Waals surface area contributed by atoms with E-state index < -0.39 is 0 Å². The Balaban J connectivity index is 1.95. The number of fused-ring (bicyclic) bond motifs is 1. The van der Waals surface area contributed by atoms with Crippen molar-refractivity contribution in [3.63, 3.8) is 0 Å². The first kappa shape index (κ1) is 19.7. The molecule has 1 aliphatic rings. The van der Waals surface area contributed by atoms with E-state index in [0.717, 1.165) is 35.7 Å². The number of aromatic nitrogens is 3. The van der Waals surface area contributed by atoms with E-state index in [1.165, 1.54) is 29.7 Å². The smallest absolute Gasteiger partial charge is 0.278 e. The quantitative estimate of drug-likeness (QED) is 0.638. The van der Waals surface area contributed by atoms with Crippen LogP contribution in [0.5, 0.6) is 0 Å². The van der Waals surface area contributed by atoms with Gasteiger partial charge in [-0.05, 0) is 81.3 Å². The molecule has 0 aliphatic carbocycles. The first-order valence-corrected chi connectivity index (χ1v) is 10.8. The second kappa shape index (κ2) is 7.36. The van der Waals surface area contributed by atoms with Crippen LogP contribution in [0.15, 0.2) is 23.0 Å². The van der Waals surface area contributed by atoms with Crippen LogP contribution in [0.3, 0.4) is 0 Å². The van der Waals surface area contributed by atoms with Crippen molar-refractivity contribution in [2.24, 2.45) is 0 Å². The molecule has 3 heterocycles. The molecule has 5 heteroatoms. The normalized spacial score (nSPS) is 14.5. The van der Waals surface area contributed by atoms with Crippen LogP contribution in [0.2, 0.25) is 0 Å². The van der Waals surface area contributed by atoms with Crippen LogP contribution in [-0.2, 0) is 6.54 Å². The van der Waals surface area contributed by atoms with Gasteiger partial charge in [-0.2, -0.15) is 0 Å². The van der Waals surface area contributed by atoms with Crippen molar-refractivity contribution in [1.82, 2.24) is 14.2 Å². The van der Waals surface area contributed by atoms with Gasteiger partial charge in [0.15, 0.2) is 5.82 Å². The van der Waals surface area contributed by atoms with E-state index in [1.807, 2.05) is 22.9 Å². The maximum absolute atomic E-state index is 13.5. The van der Waals surface area contributed by atoms with Crippen molar-refractivity contribution in [2.75, 3.05) is 18.0 Å². The number of nitrogens with zero attached hydrogens (tertiary/aromatic N) is 4. The fourth-order valence-electron chi connectivity index (χ4n) is 4.64. The molecule has 1 fully saturated rings. The summed E-state index contributed by atoms with van der Waals surface area (Å²) in [6, 6.07) is 6.59. The molecule has 0 radical (unpaired) electrons. The van der Waals surface area contributed by atoms with Gasteiger partial charge in [0.25, 0.3) is 5.56 Å². The zero-order valence-electron chi connectivity index (χ0n) is 18.5. The SMILES string of the molecule is CCn1c(-c2cc(C)c(N3CCCC3)cc2C)nn2c(C)cc(C(C)C)c2c1=O. The van der Waals surface area contributed by atoms with E-state index in [9.17, 15) is 4.79 Å². The van der Waals surface area contributed by atoms with Gasteiger partial charge in [0.1, 0.15) is 5.52 Å². The Bertz CT molecular complexity index is 1130. The minimum Gasteiger partial charge on any atom is -0.371 e. The van der Waals surface area contributed by atoms with E-state index in [4.69, 9.17) is 5.10 Å². The van der Waals surface area contributed by atoms with Gasteiger partial charge in [-0.3, -0.25) is 9.36 Å². The molecule has 3 aromatic rings. The van der Waals surface area contributed by atoms with Crippen LogP contribution in [0.4, 0.5) is 5.69 Å². The Kier molecular flexibility index (Phi) is 5.01. The van der Waals surface area contributed by atoms with Crippen molar-refractivity contribution in [3.05, 3.63) is 50.9 Å². The number of benzene rings is 1. The van der Waals surface area contributed by atoms with Crippen LogP contribution in [0.1, 0.15) is 61.9 Å². The molecule has 0 unspecified atom stereocenters. The van der Waals surface area contributed by atoms with Gasteiger partial charge in [0.2, 0.25) is 0 Å². The Morgan fingerprint density at radius 2 is 1.72 bits per heavy atom. The number of aryl methyl sites for hydroxylation is 3. The third-order valence-electron chi connectivity index (χ3n) is 6.25. The summed E-state index contributed by atoms with van der Waals surface area (Å²) in [7, 11) is 0. The minimum absolute atomic E-state index is 0.0509. The predicted molar refractivity (Wildman–Crippen MR) is 120 cm³/mol. The Morgan fingerprint density at radius 3 is 2.34 bits per heavy atom. The number of hydrogen-bond acceptors (Lipinski definition) is 3. The largest absolute Gasteiger partial charge is 0.371 e. The Labute approximate surface area is 173 Å². The molecule has 0 saturated carbocycles. The zero-order valence-corrected chi connectivity index (χ0v) is 18.5. The van der Waals surface area contributed by atoms with E-state index in [1.54, 1.807) is 0 Å². The van der Waals surface area contributed by atoms with Crippen LogP contribution in [0.25, 0.3) is 16.9 Å². The van der Waals surface area contributed by atoms with Crippen LogP contribution >= 0.6 is 0 Å². The maximum atomic E-state index is 13.5. The summed E-state index contributed by atoms with van der Waals surface area (Å²) in [6.07, 6.45) is 2.53. The van der Waals surface area contributed by atoms with E-state index in [-0.39, 0.29) is 11.5 Å². The van der Waals surface area contributed by atoms with Crippen molar-refractivity contribution < 1.29 is 0 Å². The lowest BCUT2D eigenvalue weighted by Gasteiger charge is -2.22. The molecule has 0 N–H and O–H groups in total. The molecule has 0 amide bonds. The molecule has 1 saturated heterocycles. The van der Waals surface area contributed by atoms with Crippen molar-refractivity contribution in [2.45, 2.75) is 66.8 Å². The summed E-state index contributed by atoms with van der Waals surface area (Å²) >= 11 is 0. The maximum Gasteiger partial charge on any atom is 0.278 e. The van der Waals surface area contributed by atoms with Gasteiger partial charge in [-0.1, -0.05) is 13.8 Å². The molecular weight excluding hydrogens is 360 g/mol. The molecule has 5 nitrogen and oxygen atoms in total. The lowest BCUT2D eigenvalue weighted by Crippen LogP contribution is -2.26. The molecule has 154 valence electrons.